The number of nitrogens with zero attached hydrogens (tertiary/aromatic N) is 3. The smallest absolute Gasteiger partial charge is 0.271 e. The van der Waals surface area contributed by atoms with E-state index in [0.29, 0.717) is 25.2 Å². The Kier molecular flexibility index (Phi) is 10.5. The van der Waals surface area contributed by atoms with Crippen LogP contribution >= 0.6 is 11.3 Å². The van der Waals surface area contributed by atoms with E-state index in [1.54, 1.807) is 12.2 Å². The molecule has 0 aliphatic rings. The second kappa shape index (κ2) is 13.3. The van der Waals surface area contributed by atoms with Crippen LogP contribution in [0.2, 0.25) is 0 Å². The predicted molar refractivity (Wildman–Crippen MR) is 138 cm³/mol. The Morgan fingerprint density at radius 2 is 2.00 bits per heavy atom. The molecule has 3 aromatic heterocycles. The number of imidazole rings is 1. The van der Waals surface area contributed by atoms with E-state index < -0.39 is 5.82 Å². The number of halogens is 1. The van der Waals surface area contributed by atoms with Gasteiger partial charge in [0.15, 0.2) is 0 Å². The van der Waals surface area contributed by atoms with Crippen LogP contribution in [0.25, 0.3) is 17.7 Å². The summed E-state index contributed by atoms with van der Waals surface area (Å²) in [7, 11) is 0. The largest absolute Gasteiger partial charge is 0.345 e. The van der Waals surface area contributed by atoms with Gasteiger partial charge in [0.25, 0.3) is 5.91 Å². The molecule has 0 spiro atoms. The second-order valence-electron chi connectivity index (χ2n) is 7.00. The fourth-order valence-electron chi connectivity index (χ4n) is 2.96. The molecule has 3 aromatic rings. The molecule has 34 heavy (non-hydrogen) atoms. The van der Waals surface area contributed by atoms with Gasteiger partial charge < -0.3 is 15.6 Å². The van der Waals surface area contributed by atoms with Crippen LogP contribution in [-0.2, 0) is 19.5 Å². The molecule has 3 rings (SSSR count). The summed E-state index contributed by atoms with van der Waals surface area (Å²) in [6, 6.07) is 2.81. The van der Waals surface area contributed by atoms with Gasteiger partial charge in [-0.2, -0.15) is 0 Å². The monoisotopic (exact) mass is 482 g/mol. The van der Waals surface area contributed by atoms with E-state index in [0.717, 1.165) is 32.7 Å². The molecule has 3 heterocycles. The molecule has 3 N–H and O–H groups in total. The Bertz CT molecular complexity index is 1120. The fraction of sp³-hybridized carbons (Fsp3) is 0.280. The zero-order valence-electron chi connectivity index (χ0n) is 19.9. The summed E-state index contributed by atoms with van der Waals surface area (Å²) in [5.41, 5.74) is 2.83. The number of allylic oxidation sites excluding steroid dienone is 1. The zero-order valence-corrected chi connectivity index (χ0v) is 20.7. The van der Waals surface area contributed by atoms with Crippen molar-refractivity contribution in [2.45, 2.75) is 40.3 Å². The maximum absolute atomic E-state index is 13.7. The third-order valence-electron chi connectivity index (χ3n) is 4.54. The minimum atomic E-state index is -0.463. The number of thiazole rings is 1. The number of aromatic nitrogens is 4. The molecule has 9 heteroatoms. The molecule has 1 amide bonds. The van der Waals surface area contributed by atoms with Crippen molar-refractivity contribution < 1.29 is 9.18 Å². The lowest BCUT2D eigenvalue weighted by Crippen LogP contribution is -2.25. The summed E-state index contributed by atoms with van der Waals surface area (Å²) in [6.07, 6.45) is 5.50. The summed E-state index contributed by atoms with van der Waals surface area (Å²) >= 11 is 1.43. The van der Waals surface area contributed by atoms with E-state index in [2.05, 4.69) is 50.3 Å². The third-order valence-corrected chi connectivity index (χ3v) is 5.82. The highest BCUT2D eigenvalue weighted by Gasteiger charge is 2.19. The number of nitrogens with one attached hydrogen (secondary N) is 3. The molecule has 0 saturated heterocycles. The quantitative estimate of drug-likeness (QED) is 0.334. The molecular weight excluding hydrogens is 451 g/mol. The Balaban J connectivity index is 0.00000199. The Morgan fingerprint density at radius 3 is 2.62 bits per heavy atom. The molecule has 0 atom stereocenters. The summed E-state index contributed by atoms with van der Waals surface area (Å²) in [6.45, 7) is 18.5. The first kappa shape index (κ1) is 26.8. The number of hydrogen-bond donors (Lipinski definition) is 3. The van der Waals surface area contributed by atoms with Gasteiger partial charge in [-0.05, 0) is 36.8 Å². The lowest BCUT2D eigenvalue weighted by Gasteiger charge is -2.05. The number of rotatable bonds is 11. The van der Waals surface area contributed by atoms with Gasteiger partial charge in [-0.3, -0.25) is 9.78 Å². The van der Waals surface area contributed by atoms with Crippen LogP contribution in [0.3, 0.4) is 0 Å². The van der Waals surface area contributed by atoms with Gasteiger partial charge in [-0.1, -0.05) is 33.6 Å². The van der Waals surface area contributed by atoms with Crippen molar-refractivity contribution in [1.82, 2.24) is 30.6 Å². The van der Waals surface area contributed by atoms with E-state index >= 15 is 0 Å². The molecule has 0 unspecified atom stereocenters. The molecule has 0 radical (unpaired) electrons. The van der Waals surface area contributed by atoms with Gasteiger partial charge in [0, 0.05) is 19.2 Å². The molecule has 0 aliphatic heterocycles. The number of carbonyl (C=O) groups is 1. The van der Waals surface area contributed by atoms with Crippen LogP contribution in [0.4, 0.5) is 4.39 Å². The van der Waals surface area contributed by atoms with Crippen LogP contribution in [0.1, 0.15) is 64.1 Å². The van der Waals surface area contributed by atoms with Crippen LogP contribution < -0.4 is 10.6 Å². The average Bonchev–Trinajstić information content (AvgIpc) is 3.46. The van der Waals surface area contributed by atoms with Crippen molar-refractivity contribution in [2.24, 2.45) is 0 Å². The Labute approximate surface area is 204 Å². The number of amides is 1. The topological polar surface area (TPSA) is 95.6 Å². The Morgan fingerprint density at radius 1 is 1.24 bits per heavy atom. The first-order valence-electron chi connectivity index (χ1n) is 11.0. The molecular formula is C25H31FN6OS. The number of H-pyrrole nitrogens is 1. The van der Waals surface area contributed by atoms with Crippen molar-refractivity contribution in [2.75, 3.05) is 6.54 Å². The van der Waals surface area contributed by atoms with Gasteiger partial charge in [-0.25, -0.2) is 14.4 Å². The summed E-state index contributed by atoms with van der Waals surface area (Å²) in [4.78, 5) is 29.5. The number of carbonyl (C=O) groups excluding carboxylic acids is 1. The lowest BCUT2D eigenvalue weighted by atomic mass is 10.2. The summed E-state index contributed by atoms with van der Waals surface area (Å²) in [5.74, 6) is -0.0543. The lowest BCUT2D eigenvalue weighted by molar-refractivity contribution is 0.0945. The number of hydrogen-bond acceptors (Lipinski definition) is 6. The van der Waals surface area contributed by atoms with E-state index in [1.165, 1.54) is 29.7 Å². The molecule has 0 aromatic carbocycles. The Hall–Kier alpha value is -3.43. The van der Waals surface area contributed by atoms with E-state index in [1.807, 2.05) is 20.8 Å². The number of pyridine rings is 1. The van der Waals surface area contributed by atoms with Gasteiger partial charge >= 0.3 is 0 Å². The van der Waals surface area contributed by atoms with Crippen molar-refractivity contribution in [1.29, 1.82) is 0 Å². The van der Waals surface area contributed by atoms with Gasteiger partial charge in [0.1, 0.15) is 17.3 Å². The maximum atomic E-state index is 13.7. The summed E-state index contributed by atoms with van der Waals surface area (Å²) < 4.78 is 13.7. The highest BCUT2D eigenvalue weighted by atomic mass is 32.1. The van der Waals surface area contributed by atoms with Crippen LogP contribution in [-0.4, -0.2) is 32.4 Å². The fourth-order valence-corrected chi connectivity index (χ4v) is 3.95. The highest BCUT2D eigenvalue weighted by Crippen LogP contribution is 2.25. The van der Waals surface area contributed by atoms with Gasteiger partial charge in [0.05, 0.1) is 40.1 Å². The minimum absolute atomic E-state index is 0.0158. The molecule has 0 saturated carbocycles. The third kappa shape index (κ3) is 7.03. The number of aromatic amines is 1. The normalized spacial score (nSPS) is 10.2. The van der Waals surface area contributed by atoms with Gasteiger partial charge in [0.2, 0.25) is 0 Å². The maximum Gasteiger partial charge on any atom is 0.271 e. The predicted octanol–water partition coefficient (Wildman–Crippen LogP) is 5.01. The second-order valence-corrected chi connectivity index (χ2v) is 8.08. The van der Waals surface area contributed by atoms with Crippen LogP contribution in [0.15, 0.2) is 38.1 Å². The van der Waals surface area contributed by atoms with Crippen LogP contribution in [0.5, 0.6) is 0 Å². The molecule has 180 valence electrons. The standard InChI is InChI=1S/C23H25FN6OS.C2H6/c1-5-16-17(6-2)29-19(28-16)13-25-11-9-20-30-21(22(32-20)14(3)4)23(31)27-12-18-15(24)8-7-10-26-18;1-2/h5-8,10,25H,1-3,9,11-13H2,4H3,(H,27,31)(H,28,29);1-2H3. The van der Waals surface area contributed by atoms with Crippen molar-refractivity contribution in [3.8, 4) is 0 Å². The van der Waals surface area contributed by atoms with E-state index in [4.69, 9.17) is 0 Å². The molecule has 0 bridgehead atoms. The summed E-state index contributed by atoms with van der Waals surface area (Å²) in [5, 5.41) is 6.81. The first-order valence-corrected chi connectivity index (χ1v) is 11.8. The minimum Gasteiger partial charge on any atom is -0.345 e. The highest BCUT2D eigenvalue weighted by molar-refractivity contribution is 7.13. The molecule has 0 fully saturated rings. The first-order chi connectivity index (χ1) is 16.4. The van der Waals surface area contributed by atoms with E-state index in [9.17, 15) is 9.18 Å². The molecule has 7 nitrogen and oxygen atoms in total. The van der Waals surface area contributed by atoms with Crippen molar-refractivity contribution in [3.05, 3.63) is 82.4 Å². The van der Waals surface area contributed by atoms with E-state index in [-0.39, 0.29) is 18.1 Å². The SMILES string of the molecule is C=Cc1nc(CNCCc2nc(C(=O)NCc3ncccc3F)c(C(=C)C)s2)[nH]c1C=C.CC. The average molecular weight is 483 g/mol. The van der Waals surface area contributed by atoms with Crippen molar-refractivity contribution >= 4 is 35.0 Å². The van der Waals surface area contributed by atoms with Crippen molar-refractivity contribution in [3.63, 3.8) is 0 Å². The van der Waals surface area contributed by atoms with Crippen LogP contribution in [0, 0.1) is 5.82 Å². The zero-order chi connectivity index (χ0) is 25.1. The van der Waals surface area contributed by atoms with Gasteiger partial charge in [-0.15, -0.1) is 11.3 Å². The molecule has 0 aliphatic carbocycles.